The van der Waals surface area contributed by atoms with Crippen LogP contribution in [-0.4, -0.2) is 35.7 Å². The fraction of sp³-hybridized carbons (Fsp3) is 0.636. The van der Waals surface area contributed by atoms with E-state index in [4.69, 9.17) is 10.8 Å². The number of aliphatic hydroxyl groups excluding tert-OH is 1. The number of anilines is 2. The van der Waals surface area contributed by atoms with Gasteiger partial charge in [0.2, 0.25) is 0 Å². The number of nitrogens with zero attached hydrogens (tertiary/aromatic N) is 1. The topological polar surface area (TPSA) is 100 Å². The van der Waals surface area contributed by atoms with E-state index in [1.807, 2.05) is 13.8 Å². The van der Waals surface area contributed by atoms with Crippen molar-refractivity contribution in [2.45, 2.75) is 26.3 Å². The molecule has 0 aliphatic carbocycles. The number of nitrogens with one attached hydrogen (secondary N) is 2. The van der Waals surface area contributed by atoms with Crippen molar-refractivity contribution in [1.29, 1.82) is 0 Å². The molecule has 0 aliphatic rings. The number of aliphatic hydroxyl groups is 1. The standard InChI is InChI=1S/C11H20N4O2S/c1-6(2)7(4-5-16)14-10(17)8-9(12)15-11(13-3)18-8/h6-7,16H,4-5,12H2,1-3H3,(H,13,15)(H,14,17). The maximum absolute atomic E-state index is 12.1. The fourth-order valence-electron chi connectivity index (χ4n) is 1.55. The number of nitrogen functional groups attached to an aromatic ring is 1. The Hall–Kier alpha value is -1.34. The summed E-state index contributed by atoms with van der Waals surface area (Å²) in [5, 5.41) is 15.3. The Morgan fingerprint density at radius 1 is 1.56 bits per heavy atom. The van der Waals surface area contributed by atoms with Crippen molar-refractivity contribution in [3.05, 3.63) is 4.88 Å². The highest BCUT2D eigenvalue weighted by Crippen LogP contribution is 2.24. The van der Waals surface area contributed by atoms with Crippen molar-refractivity contribution in [3.8, 4) is 0 Å². The Morgan fingerprint density at radius 3 is 2.67 bits per heavy atom. The van der Waals surface area contributed by atoms with Gasteiger partial charge in [-0.2, -0.15) is 0 Å². The average molecular weight is 272 g/mol. The minimum absolute atomic E-state index is 0.0447. The van der Waals surface area contributed by atoms with Crippen molar-refractivity contribution >= 4 is 28.2 Å². The first-order valence-corrected chi connectivity index (χ1v) is 6.67. The van der Waals surface area contributed by atoms with Crippen LogP contribution in [0.5, 0.6) is 0 Å². The smallest absolute Gasteiger partial charge is 0.265 e. The van der Waals surface area contributed by atoms with Crippen LogP contribution >= 0.6 is 11.3 Å². The van der Waals surface area contributed by atoms with Gasteiger partial charge in [-0.05, 0) is 12.3 Å². The molecule has 1 amide bonds. The van der Waals surface area contributed by atoms with Crippen molar-refractivity contribution < 1.29 is 9.90 Å². The van der Waals surface area contributed by atoms with E-state index in [0.717, 1.165) is 0 Å². The third-order valence-corrected chi connectivity index (χ3v) is 3.72. The number of aromatic nitrogens is 1. The molecule has 0 radical (unpaired) electrons. The summed E-state index contributed by atoms with van der Waals surface area (Å²) in [5.41, 5.74) is 5.69. The van der Waals surface area contributed by atoms with Crippen LogP contribution in [0.4, 0.5) is 10.9 Å². The molecule has 7 heteroatoms. The predicted octanol–water partition coefficient (Wildman–Crippen LogP) is 0.904. The lowest BCUT2D eigenvalue weighted by Crippen LogP contribution is -2.39. The molecule has 6 nitrogen and oxygen atoms in total. The normalized spacial score (nSPS) is 12.5. The molecule has 18 heavy (non-hydrogen) atoms. The van der Waals surface area contributed by atoms with Crippen LogP contribution in [0.3, 0.4) is 0 Å². The molecule has 1 unspecified atom stereocenters. The van der Waals surface area contributed by atoms with Crippen LogP contribution in [0.1, 0.15) is 29.9 Å². The predicted molar refractivity (Wildman–Crippen MR) is 73.9 cm³/mol. The molecule has 5 N–H and O–H groups in total. The second-order valence-corrected chi connectivity index (χ2v) is 5.32. The van der Waals surface area contributed by atoms with Crippen LogP contribution in [0.25, 0.3) is 0 Å². The largest absolute Gasteiger partial charge is 0.396 e. The van der Waals surface area contributed by atoms with Gasteiger partial charge < -0.3 is 21.5 Å². The lowest BCUT2D eigenvalue weighted by Gasteiger charge is -2.21. The molecule has 1 aromatic heterocycles. The third kappa shape index (κ3) is 3.58. The Labute approximate surface area is 111 Å². The summed E-state index contributed by atoms with van der Waals surface area (Å²) in [6, 6.07) is -0.0676. The van der Waals surface area contributed by atoms with Gasteiger partial charge in [0.25, 0.3) is 5.91 Å². The highest BCUT2D eigenvalue weighted by Gasteiger charge is 2.20. The summed E-state index contributed by atoms with van der Waals surface area (Å²) in [6.07, 6.45) is 0.529. The molecule has 0 saturated carbocycles. The van der Waals surface area contributed by atoms with E-state index in [9.17, 15) is 4.79 Å². The Bertz CT molecular complexity index is 406. The lowest BCUT2D eigenvalue weighted by atomic mass is 10.0. The van der Waals surface area contributed by atoms with Crippen LogP contribution in [0.2, 0.25) is 0 Å². The number of hydrogen-bond acceptors (Lipinski definition) is 6. The SMILES string of the molecule is CNc1nc(N)c(C(=O)NC(CCO)C(C)C)s1. The number of thiazole rings is 1. The fourth-order valence-corrected chi connectivity index (χ4v) is 2.29. The molecule has 1 aromatic rings. The van der Waals surface area contributed by atoms with E-state index in [1.165, 1.54) is 11.3 Å². The number of carbonyl (C=O) groups is 1. The number of hydrogen-bond donors (Lipinski definition) is 4. The molecule has 0 aliphatic heterocycles. The number of nitrogens with two attached hydrogens (primary N) is 1. The van der Waals surface area contributed by atoms with E-state index in [2.05, 4.69) is 15.6 Å². The molecule has 1 atom stereocenters. The van der Waals surface area contributed by atoms with E-state index in [0.29, 0.717) is 16.4 Å². The number of carbonyl (C=O) groups excluding carboxylic acids is 1. The maximum atomic E-state index is 12.1. The molecular formula is C11H20N4O2S. The number of amides is 1. The second-order valence-electron chi connectivity index (χ2n) is 4.32. The summed E-state index contributed by atoms with van der Waals surface area (Å²) >= 11 is 1.22. The molecule has 0 saturated heterocycles. The highest BCUT2D eigenvalue weighted by molar-refractivity contribution is 7.18. The van der Waals surface area contributed by atoms with E-state index in [-0.39, 0.29) is 30.3 Å². The van der Waals surface area contributed by atoms with Gasteiger partial charge in [-0.1, -0.05) is 25.2 Å². The summed E-state index contributed by atoms with van der Waals surface area (Å²) in [6.45, 7) is 4.04. The van der Waals surface area contributed by atoms with Crippen molar-refractivity contribution in [3.63, 3.8) is 0 Å². The second kappa shape index (κ2) is 6.55. The first kappa shape index (κ1) is 14.7. The highest BCUT2D eigenvalue weighted by atomic mass is 32.1. The Morgan fingerprint density at radius 2 is 2.22 bits per heavy atom. The monoisotopic (exact) mass is 272 g/mol. The minimum Gasteiger partial charge on any atom is -0.396 e. The van der Waals surface area contributed by atoms with Crippen LogP contribution in [0, 0.1) is 5.92 Å². The van der Waals surface area contributed by atoms with Gasteiger partial charge in [0.15, 0.2) is 5.13 Å². The zero-order valence-corrected chi connectivity index (χ0v) is 11.7. The summed E-state index contributed by atoms with van der Waals surface area (Å²) in [7, 11) is 1.72. The molecule has 0 bridgehead atoms. The van der Waals surface area contributed by atoms with Gasteiger partial charge in [0.1, 0.15) is 10.7 Å². The molecular weight excluding hydrogens is 252 g/mol. The zero-order chi connectivity index (χ0) is 13.7. The maximum Gasteiger partial charge on any atom is 0.265 e. The van der Waals surface area contributed by atoms with Crippen LogP contribution in [-0.2, 0) is 0 Å². The van der Waals surface area contributed by atoms with Gasteiger partial charge in [0.05, 0.1) is 0 Å². The van der Waals surface area contributed by atoms with Gasteiger partial charge >= 0.3 is 0 Å². The van der Waals surface area contributed by atoms with E-state index in [1.54, 1.807) is 7.05 Å². The van der Waals surface area contributed by atoms with Gasteiger partial charge in [0, 0.05) is 19.7 Å². The molecule has 0 fully saturated rings. The summed E-state index contributed by atoms with van der Waals surface area (Å²) in [4.78, 5) is 16.5. The van der Waals surface area contributed by atoms with Crippen molar-refractivity contribution in [1.82, 2.24) is 10.3 Å². The summed E-state index contributed by atoms with van der Waals surface area (Å²) < 4.78 is 0. The van der Waals surface area contributed by atoms with Crippen LogP contribution in [0.15, 0.2) is 0 Å². The first-order chi connectivity index (χ1) is 8.49. The molecule has 1 rings (SSSR count). The zero-order valence-electron chi connectivity index (χ0n) is 10.9. The first-order valence-electron chi connectivity index (χ1n) is 5.85. The van der Waals surface area contributed by atoms with Gasteiger partial charge in [-0.15, -0.1) is 0 Å². The Kier molecular flexibility index (Phi) is 5.36. The van der Waals surface area contributed by atoms with Gasteiger partial charge in [-0.25, -0.2) is 4.98 Å². The van der Waals surface area contributed by atoms with Crippen molar-refractivity contribution in [2.24, 2.45) is 5.92 Å². The Balaban J connectivity index is 2.76. The van der Waals surface area contributed by atoms with Crippen LogP contribution < -0.4 is 16.4 Å². The number of rotatable bonds is 6. The average Bonchev–Trinajstić information content (AvgIpc) is 2.69. The summed E-state index contributed by atoms with van der Waals surface area (Å²) in [5.74, 6) is 0.242. The van der Waals surface area contributed by atoms with E-state index >= 15 is 0 Å². The molecule has 102 valence electrons. The van der Waals surface area contributed by atoms with Gasteiger partial charge in [-0.3, -0.25) is 4.79 Å². The molecule has 0 spiro atoms. The quantitative estimate of drug-likeness (QED) is 0.616. The molecule has 0 aromatic carbocycles. The van der Waals surface area contributed by atoms with Crippen molar-refractivity contribution in [2.75, 3.05) is 24.7 Å². The molecule has 1 heterocycles. The van der Waals surface area contributed by atoms with E-state index < -0.39 is 0 Å². The third-order valence-electron chi connectivity index (χ3n) is 2.63. The lowest BCUT2D eigenvalue weighted by molar-refractivity contribution is 0.0921. The minimum atomic E-state index is -0.237.